The topological polar surface area (TPSA) is 55.9 Å². The van der Waals surface area contributed by atoms with Gasteiger partial charge in [0.25, 0.3) is 0 Å². The summed E-state index contributed by atoms with van der Waals surface area (Å²) < 4.78 is 1.71. The van der Waals surface area contributed by atoms with Gasteiger partial charge in [0.2, 0.25) is 0 Å². The molecule has 5 heteroatoms. The standard InChI is InChI=1S/C8H16N4S/c1-12-6-7(9)8(11-12)10-4-3-5-13-2/h6H,3-5,9H2,1-2H3,(H,10,11). The third-order valence-corrected chi connectivity index (χ3v) is 2.37. The molecule has 0 aliphatic carbocycles. The zero-order chi connectivity index (χ0) is 9.68. The van der Waals surface area contributed by atoms with Crippen molar-refractivity contribution in [2.24, 2.45) is 7.05 Å². The molecule has 3 N–H and O–H groups in total. The molecule has 13 heavy (non-hydrogen) atoms. The lowest BCUT2D eigenvalue weighted by molar-refractivity contribution is 0.767. The van der Waals surface area contributed by atoms with E-state index in [2.05, 4.69) is 16.7 Å². The van der Waals surface area contributed by atoms with Crippen LogP contribution in [0.4, 0.5) is 11.5 Å². The van der Waals surface area contributed by atoms with Gasteiger partial charge in [-0.1, -0.05) is 0 Å². The molecular weight excluding hydrogens is 184 g/mol. The maximum atomic E-state index is 5.71. The van der Waals surface area contributed by atoms with E-state index < -0.39 is 0 Å². The second-order valence-electron chi connectivity index (χ2n) is 2.88. The maximum Gasteiger partial charge on any atom is 0.171 e. The number of nitrogens with two attached hydrogens (primary N) is 1. The number of hydrogen-bond donors (Lipinski definition) is 2. The van der Waals surface area contributed by atoms with Gasteiger partial charge in [-0.3, -0.25) is 4.68 Å². The Morgan fingerprint density at radius 2 is 2.46 bits per heavy atom. The zero-order valence-electron chi connectivity index (χ0n) is 8.08. The van der Waals surface area contributed by atoms with Crippen molar-refractivity contribution in [2.45, 2.75) is 6.42 Å². The van der Waals surface area contributed by atoms with E-state index in [1.165, 1.54) is 5.75 Å². The van der Waals surface area contributed by atoms with Crippen molar-refractivity contribution in [3.05, 3.63) is 6.20 Å². The second-order valence-corrected chi connectivity index (χ2v) is 3.87. The van der Waals surface area contributed by atoms with Gasteiger partial charge in [-0.2, -0.15) is 16.9 Å². The van der Waals surface area contributed by atoms with Gasteiger partial charge in [0.1, 0.15) is 0 Å². The summed E-state index contributed by atoms with van der Waals surface area (Å²) >= 11 is 1.85. The first-order chi connectivity index (χ1) is 6.24. The van der Waals surface area contributed by atoms with E-state index in [-0.39, 0.29) is 0 Å². The number of nitrogens with zero attached hydrogens (tertiary/aromatic N) is 2. The van der Waals surface area contributed by atoms with Gasteiger partial charge in [0.15, 0.2) is 5.82 Å². The largest absolute Gasteiger partial charge is 0.394 e. The Balaban J connectivity index is 2.32. The van der Waals surface area contributed by atoms with Crippen LogP contribution in [0.2, 0.25) is 0 Å². The Morgan fingerprint density at radius 3 is 3.00 bits per heavy atom. The van der Waals surface area contributed by atoms with Crippen molar-refractivity contribution in [2.75, 3.05) is 29.6 Å². The fourth-order valence-electron chi connectivity index (χ4n) is 1.07. The Bertz CT molecular complexity index is 259. The van der Waals surface area contributed by atoms with Crippen molar-refractivity contribution in [1.29, 1.82) is 0 Å². The van der Waals surface area contributed by atoms with Gasteiger partial charge in [-0.05, 0) is 18.4 Å². The van der Waals surface area contributed by atoms with Gasteiger partial charge in [-0.15, -0.1) is 0 Å². The summed E-state index contributed by atoms with van der Waals surface area (Å²) in [5.41, 5.74) is 6.42. The highest BCUT2D eigenvalue weighted by molar-refractivity contribution is 7.98. The highest BCUT2D eigenvalue weighted by Crippen LogP contribution is 2.13. The van der Waals surface area contributed by atoms with E-state index in [4.69, 9.17) is 5.73 Å². The molecule has 0 bridgehead atoms. The van der Waals surface area contributed by atoms with Crippen LogP contribution >= 0.6 is 11.8 Å². The maximum absolute atomic E-state index is 5.71. The van der Waals surface area contributed by atoms with Crippen LogP contribution in [0.15, 0.2) is 6.20 Å². The molecule has 0 aliphatic heterocycles. The molecular formula is C8H16N4S. The number of nitrogen functional groups attached to an aromatic ring is 1. The minimum Gasteiger partial charge on any atom is -0.394 e. The molecule has 0 aromatic carbocycles. The third-order valence-electron chi connectivity index (χ3n) is 1.67. The zero-order valence-corrected chi connectivity index (χ0v) is 8.90. The fourth-order valence-corrected chi connectivity index (χ4v) is 1.50. The summed E-state index contributed by atoms with van der Waals surface area (Å²) in [5.74, 6) is 1.96. The van der Waals surface area contributed by atoms with Crippen LogP contribution < -0.4 is 11.1 Å². The number of nitrogens with one attached hydrogen (secondary N) is 1. The summed E-state index contributed by atoms with van der Waals surface area (Å²) in [5, 5.41) is 7.38. The smallest absolute Gasteiger partial charge is 0.171 e. The summed E-state index contributed by atoms with van der Waals surface area (Å²) in [6.07, 6.45) is 5.04. The first-order valence-corrected chi connectivity index (χ1v) is 5.65. The lowest BCUT2D eigenvalue weighted by Crippen LogP contribution is -2.05. The molecule has 0 atom stereocenters. The molecule has 0 unspecified atom stereocenters. The molecule has 0 spiro atoms. The van der Waals surface area contributed by atoms with Crippen LogP contribution in [0.25, 0.3) is 0 Å². The number of thioether (sulfide) groups is 1. The second kappa shape index (κ2) is 5.01. The summed E-state index contributed by atoms with van der Waals surface area (Å²) in [7, 11) is 1.86. The fraction of sp³-hybridized carbons (Fsp3) is 0.625. The highest BCUT2D eigenvalue weighted by Gasteiger charge is 2.01. The Morgan fingerprint density at radius 1 is 1.69 bits per heavy atom. The van der Waals surface area contributed by atoms with Crippen LogP contribution in [0.3, 0.4) is 0 Å². The number of aromatic nitrogens is 2. The number of rotatable bonds is 5. The molecule has 1 heterocycles. The summed E-state index contributed by atoms with van der Waals surface area (Å²) in [6.45, 7) is 0.933. The van der Waals surface area contributed by atoms with Gasteiger partial charge in [-0.25, -0.2) is 0 Å². The molecule has 1 aromatic heterocycles. The van der Waals surface area contributed by atoms with Crippen LogP contribution in [0.1, 0.15) is 6.42 Å². The van der Waals surface area contributed by atoms with Crippen LogP contribution in [0.5, 0.6) is 0 Å². The van der Waals surface area contributed by atoms with E-state index in [0.717, 1.165) is 18.8 Å². The molecule has 0 saturated carbocycles. The van der Waals surface area contributed by atoms with E-state index in [9.17, 15) is 0 Å². The van der Waals surface area contributed by atoms with Crippen LogP contribution in [-0.2, 0) is 7.05 Å². The predicted molar refractivity (Wildman–Crippen MR) is 59.1 cm³/mol. The van der Waals surface area contributed by atoms with Crippen molar-refractivity contribution in [3.8, 4) is 0 Å². The molecule has 0 radical (unpaired) electrons. The molecule has 0 aliphatic rings. The van der Waals surface area contributed by atoms with Crippen molar-refractivity contribution in [1.82, 2.24) is 9.78 Å². The normalized spacial score (nSPS) is 10.3. The number of anilines is 2. The minimum absolute atomic E-state index is 0.714. The van der Waals surface area contributed by atoms with Gasteiger partial charge < -0.3 is 11.1 Å². The SMILES string of the molecule is CSCCCNc1nn(C)cc1N. The molecule has 0 amide bonds. The summed E-state index contributed by atoms with van der Waals surface area (Å²) in [6, 6.07) is 0. The van der Waals surface area contributed by atoms with E-state index in [1.807, 2.05) is 18.8 Å². The predicted octanol–water partition coefficient (Wildman–Crippen LogP) is 1.17. The van der Waals surface area contributed by atoms with Crippen molar-refractivity contribution < 1.29 is 0 Å². The number of aryl methyl sites for hydroxylation is 1. The van der Waals surface area contributed by atoms with E-state index in [1.54, 1.807) is 10.9 Å². The van der Waals surface area contributed by atoms with Crippen molar-refractivity contribution >= 4 is 23.3 Å². The quantitative estimate of drug-likeness (QED) is 0.700. The van der Waals surface area contributed by atoms with Crippen LogP contribution in [-0.4, -0.2) is 28.3 Å². The molecule has 0 saturated heterocycles. The van der Waals surface area contributed by atoms with E-state index in [0.29, 0.717) is 5.69 Å². The highest BCUT2D eigenvalue weighted by atomic mass is 32.2. The third kappa shape index (κ3) is 3.18. The first kappa shape index (κ1) is 10.2. The summed E-state index contributed by atoms with van der Waals surface area (Å²) in [4.78, 5) is 0. The average molecular weight is 200 g/mol. The monoisotopic (exact) mass is 200 g/mol. The lowest BCUT2D eigenvalue weighted by atomic mass is 10.4. The van der Waals surface area contributed by atoms with Gasteiger partial charge >= 0.3 is 0 Å². The van der Waals surface area contributed by atoms with E-state index >= 15 is 0 Å². The Hall–Kier alpha value is -0.840. The number of hydrogen-bond acceptors (Lipinski definition) is 4. The lowest BCUT2D eigenvalue weighted by Gasteiger charge is -2.02. The first-order valence-electron chi connectivity index (χ1n) is 4.26. The molecule has 0 fully saturated rings. The molecule has 4 nitrogen and oxygen atoms in total. The van der Waals surface area contributed by atoms with Crippen molar-refractivity contribution in [3.63, 3.8) is 0 Å². The molecule has 74 valence electrons. The van der Waals surface area contributed by atoms with Crippen LogP contribution in [0, 0.1) is 0 Å². The molecule has 1 rings (SSSR count). The Labute approximate surface area is 82.9 Å². The molecule has 1 aromatic rings. The Kier molecular flexibility index (Phi) is 3.95. The minimum atomic E-state index is 0.714. The van der Waals surface area contributed by atoms with Gasteiger partial charge in [0.05, 0.1) is 5.69 Å². The van der Waals surface area contributed by atoms with Gasteiger partial charge in [0, 0.05) is 19.8 Å². The average Bonchev–Trinajstić information content (AvgIpc) is 2.39.